The van der Waals surface area contributed by atoms with Crippen LogP contribution >= 0.6 is 8.07 Å². The van der Waals surface area contributed by atoms with Crippen LogP contribution in [0.25, 0.3) is 0 Å². The largest absolute Gasteiger partial charge is 1.00 e. The molecule has 0 radical (unpaired) electrons. The second kappa shape index (κ2) is 18.3. The van der Waals surface area contributed by atoms with E-state index in [0.29, 0.717) is 18.8 Å². The van der Waals surface area contributed by atoms with E-state index in [4.69, 9.17) is 43.5 Å². The standard InChI is InChI=1S/3CH4O3S.F3OP.3Li/c4*1-5(2,3)4;;;/h3*1H3,(H,2,3,4);;;;/q;;;;3*+1/p-3. The number of halogens is 3. The second-order valence-corrected chi connectivity index (χ2v) is 7.53. The van der Waals surface area contributed by atoms with Gasteiger partial charge in [0.2, 0.25) is 0 Å². The quantitative estimate of drug-likeness (QED) is 0.211. The Morgan fingerprint density at radius 1 is 0.609 bits per heavy atom. The van der Waals surface area contributed by atoms with Crippen molar-refractivity contribution in [3.8, 4) is 0 Å². The predicted octanol–water partition coefficient (Wildman–Crippen LogP) is -9.50. The monoisotopic (exact) mass is 410 g/mol. The zero-order valence-electron chi connectivity index (χ0n) is 12.9. The van der Waals surface area contributed by atoms with Gasteiger partial charge >= 0.3 is 64.7 Å². The van der Waals surface area contributed by atoms with Crippen molar-refractivity contribution in [2.24, 2.45) is 0 Å². The molecule has 0 fully saturated rings. The molecule has 23 heavy (non-hydrogen) atoms. The van der Waals surface area contributed by atoms with Crippen molar-refractivity contribution in [3.05, 3.63) is 0 Å². The Hall–Kier alpha value is 1.54. The van der Waals surface area contributed by atoms with Gasteiger partial charge < -0.3 is 13.7 Å². The van der Waals surface area contributed by atoms with Gasteiger partial charge in [0.1, 0.15) is 0 Å². The third kappa shape index (κ3) is 4590. The number of hydrogen-bond acceptors (Lipinski definition) is 10. The summed E-state index contributed by atoms with van der Waals surface area (Å²) in [6.07, 6.45) is 1.81. The molecule has 0 aromatic heterocycles. The maximum Gasteiger partial charge on any atom is 1.00 e. The number of rotatable bonds is 0. The maximum absolute atomic E-state index is 9.91. The molecule has 0 saturated carbocycles. The van der Waals surface area contributed by atoms with E-state index in [2.05, 4.69) is 0 Å². The topological polar surface area (TPSA) is 189 Å². The predicted molar refractivity (Wildman–Crippen MR) is 57.8 cm³/mol. The summed E-state index contributed by atoms with van der Waals surface area (Å²) in [6, 6.07) is 0. The molecule has 10 nitrogen and oxygen atoms in total. The fourth-order valence-corrected chi connectivity index (χ4v) is 0. The van der Waals surface area contributed by atoms with Crippen molar-refractivity contribution in [2.75, 3.05) is 18.8 Å². The molecule has 20 heteroatoms. The molecule has 0 rings (SSSR count). The average molecular weight is 410 g/mol. The SMILES string of the molecule is CS(=O)(=O)[O-].CS(=O)(=O)[O-].CS(=O)(=O)[O-].O=P(F)(F)F.[Li+].[Li+].[Li+]. The minimum atomic E-state index is -6.14. The first-order valence-corrected chi connectivity index (χ1v) is 10.2. The first kappa shape index (κ1) is 44.2. The Labute approximate surface area is 168 Å². The van der Waals surface area contributed by atoms with Gasteiger partial charge in [-0.1, -0.05) is 0 Å². The Kier molecular flexibility index (Phi) is 35.2. The summed E-state index contributed by atoms with van der Waals surface area (Å²) in [5, 5.41) is 0. The van der Waals surface area contributed by atoms with Crippen LogP contribution in [0, 0.1) is 0 Å². The molecule has 0 aliphatic rings. The van der Waals surface area contributed by atoms with Gasteiger partial charge in [0.25, 0.3) is 0 Å². The molecule has 0 bridgehead atoms. The van der Waals surface area contributed by atoms with Crippen LogP contribution in [0.3, 0.4) is 0 Å². The molecule has 128 valence electrons. The van der Waals surface area contributed by atoms with Crippen LogP contribution < -0.4 is 56.6 Å². The van der Waals surface area contributed by atoms with E-state index >= 15 is 0 Å². The van der Waals surface area contributed by atoms with Gasteiger partial charge in [0.05, 0.1) is 30.4 Å². The van der Waals surface area contributed by atoms with Gasteiger partial charge in [-0.3, -0.25) is 0 Å². The Morgan fingerprint density at radius 2 is 0.609 bits per heavy atom. The Morgan fingerprint density at radius 3 is 0.609 bits per heavy atom. The van der Waals surface area contributed by atoms with Crippen LogP contribution in [0.1, 0.15) is 0 Å². The average Bonchev–Trinajstić information content (AvgIpc) is 1.62. The van der Waals surface area contributed by atoms with Crippen LogP contribution in [-0.2, 0) is 34.9 Å². The minimum Gasteiger partial charge on any atom is -0.748 e. The molecule has 0 aliphatic heterocycles. The normalized spacial score (nSPS) is 10.1. The molecular formula is C3H9F3Li3O10PS3. The van der Waals surface area contributed by atoms with Crippen molar-refractivity contribution >= 4 is 38.4 Å². The summed E-state index contributed by atoms with van der Waals surface area (Å²) in [4.78, 5) is 0. The van der Waals surface area contributed by atoms with Crippen molar-refractivity contribution in [2.45, 2.75) is 0 Å². The van der Waals surface area contributed by atoms with E-state index in [0.717, 1.165) is 0 Å². The van der Waals surface area contributed by atoms with Crippen LogP contribution in [0.15, 0.2) is 0 Å². The minimum absolute atomic E-state index is 0. The molecule has 0 aromatic rings. The third-order valence-corrected chi connectivity index (χ3v) is 0. The fraction of sp³-hybridized carbons (Fsp3) is 1.00. The molecule has 0 aliphatic carbocycles. The molecule has 0 unspecified atom stereocenters. The van der Waals surface area contributed by atoms with Gasteiger partial charge in [0.15, 0.2) is 0 Å². The van der Waals surface area contributed by atoms with Gasteiger partial charge in [-0.25, -0.2) is 29.8 Å². The van der Waals surface area contributed by atoms with Gasteiger partial charge in [0, 0.05) is 18.8 Å². The van der Waals surface area contributed by atoms with E-state index in [1.807, 2.05) is 0 Å². The third-order valence-electron chi connectivity index (χ3n) is 0. The first-order chi connectivity index (χ1) is 8.00. The van der Waals surface area contributed by atoms with E-state index in [1.165, 1.54) is 0 Å². The first-order valence-electron chi connectivity index (χ1n) is 3.41. The van der Waals surface area contributed by atoms with Crippen LogP contribution in [0.4, 0.5) is 12.6 Å². The second-order valence-electron chi connectivity index (χ2n) is 2.51. The Bertz CT molecular complexity index is 494. The zero-order valence-corrected chi connectivity index (χ0v) is 16.2. The van der Waals surface area contributed by atoms with E-state index in [1.54, 1.807) is 0 Å². The maximum atomic E-state index is 9.91. The summed E-state index contributed by atoms with van der Waals surface area (Å²) in [5.41, 5.74) is 0. The molecule has 0 spiro atoms. The van der Waals surface area contributed by atoms with Crippen LogP contribution in [-0.4, -0.2) is 57.7 Å². The van der Waals surface area contributed by atoms with Gasteiger partial charge in [-0.05, 0) is 0 Å². The van der Waals surface area contributed by atoms with E-state index < -0.39 is 38.4 Å². The molecule has 0 heterocycles. The molecule has 0 N–H and O–H groups in total. The Balaban J connectivity index is -0.0000000284. The molecule has 0 aromatic carbocycles. The van der Waals surface area contributed by atoms with E-state index in [-0.39, 0.29) is 56.6 Å². The van der Waals surface area contributed by atoms with Crippen LogP contribution in [0.2, 0.25) is 0 Å². The number of hydrogen-bond donors (Lipinski definition) is 0. The van der Waals surface area contributed by atoms with Crippen molar-refractivity contribution in [3.63, 3.8) is 0 Å². The molecule has 0 atom stereocenters. The summed E-state index contributed by atoms with van der Waals surface area (Å²) >= 11 is 0. The van der Waals surface area contributed by atoms with Gasteiger partial charge in [-0.2, -0.15) is 0 Å². The fourth-order valence-electron chi connectivity index (χ4n) is 0. The summed E-state index contributed by atoms with van der Waals surface area (Å²) in [7, 11) is -17.9. The summed E-state index contributed by atoms with van der Waals surface area (Å²) in [5.74, 6) is 0. The smallest absolute Gasteiger partial charge is 0.748 e. The van der Waals surface area contributed by atoms with Crippen molar-refractivity contribution < 1.29 is 113 Å². The van der Waals surface area contributed by atoms with Crippen molar-refractivity contribution in [1.82, 2.24) is 0 Å². The molecule has 0 saturated heterocycles. The van der Waals surface area contributed by atoms with Crippen molar-refractivity contribution in [1.29, 1.82) is 0 Å². The summed E-state index contributed by atoms with van der Waals surface area (Å²) in [6.45, 7) is 0. The summed E-state index contributed by atoms with van der Waals surface area (Å²) < 4.78 is 120. The molecule has 0 amide bonds. The van der Waals surface area contributed by atoms with E-state index in [9.17, 15) is 12.6 Å². The zero-order chi connectivity index (χ0) is 18.0. The van der Waals surface area contributed by atoms with Crippen LogP contribution in [0.5, 0.6) is 0 Å². The van der Waals surface area contributed by atoms with Gasteiger partial charge in [-0.15, -0.1) is 12.6 Å². The molecular weight excluding hydrogens is 401 g/mol.